The molecule has 1 saturated carbocycles. The van der Waals surface area contributed by atoms with Gasteiger partial charge in [-0.2, -0.15) is 0 Å². The van der Waals surface area contributed by atoms with Crippen LogP contribution in [0.4, 0.5) is 0 Å². The molecule has 2 rings (SSSR count). The average molecular weight is 294 g/mol. The largest absolute Gasteiger partial charge is 0.508 e. The molecule has 5 N–H and O–H groups in total. The Morgan fingerprint density at radius 1 is 1.29 bits per heavy atom. The van der Waals surface area contributed by atoms with E-state index < -0.39 is 0 Å². The number of amides is 1. The number of ether oxygens (including phenoxy) is 1. The van der Waals surface area contributed by atoms with Crippen LogP contribution < -0.4 is 11.1 Å². The van der Waals surface area contributed by atoms with E-state index in [1.807, 2.05) is 0 Å². The summed E-state index contributed by atoms with van der Waals surface area (Å²) in [6.45, 7) is 0.812. The van der Waals surface area contributed by atoms with Gasteiger partial charge < -0.3 is 26.0 Å². The number of carbonyl (C=O) groups is 1. The van der Waals surface area contributed by atoms with Crippen molar-refractivity contribution in [2.24, 2.45) is 5.73 Å². The minimum Gasteiger partial charge on any atom is -0.508 e. The van der Waals surface area contributed by atoms with Gasteiger partial charge in [-0.3, -0.25) is 4.79 Å². The number of benzene rings is 1. The predicted molar refractivity (Wildman–Crippen MR) is 78.3 cm³/mol. The Kier molecular flexibility index (Phi) is 5.41. The third-order valence-corrected chi connectivity index (χ3v) is 3.69. The lowest BCUT2D eigenvalue weighted by Crippen LogP contribution is -2.33. The van der Waals surface area contributed by atoms with Crippen LogP contribution in [-0.4, -0.2) is 41.4 Å². The van der Waals surface area contributed by atoms with Gasteiger partial charge in [-0.25, -0.2) is 0 Å². The van der Waals surface area contributed by atoms with Crippen molar-refractivity contribution in [1.82, 2.24) is 5.32 Å². The highest BCUT2D eigenvalue weighted by Crippen LogP contribution is 2.22. The van der Waals surface area contributed by atoms with Crippen LogP contribution in [0.15, 0.2) is 18.2 Å². The number of hydrogen-bond acceptors (Lipinski definition) is 5. The van der Waals surface area contributed by atoms with Crippen molar-refractivity contribution >= 4 is 5.91 Å². The molecule has 0 heterocycles. The lowest BCUT2D eigenvalue weighted by Gasteiger charge is -2.26. The minimum atomic E-state index is -0.387. The van der Waals surface area contributed by atoms with Crippen LogP contribution in [0.25, 0.3) is 0 Å². The van der Waals surface area contributed by atoms with Gasteiger partial charge in [0.1, 0.15) is 11.5 Å². The first-order chi connectivity index (χ1) is 10.1. The highest BCUT2D eigenvalue weighted by atomic mass is 16.5. The summed E-state index contributed by atoms with van der Waals surface area (Å²) in [5.74, 6) is -0.709. The van der Waals surface area contributed by atoms with E-state index in [0.717, 1.165) is 31.7 Å². The fourth-order valence-electron chi connectivity index (χ4n) is 2.45. The first-order valence-corrected chi connectivity index (χ1v) is 7.23. The van der Waals surface area contributed by atoms with Crippen LogP contribution >= 0.6 is 0 Å². The average Bonchev–Trinajstić information content (AvgIpc) is 2.45. The standard InChI is InChI=1S/C15H22N2O4/c16-10-1-4-12(5-2-10)21-8-7-17-15(20)13-6-3-11(18)9-14(13)19/h3,6,9-10,12,18-19H,1-2,4-5,7-8,16H2,(H,17,20). The molecule has 6 nitrogen and oxygen atoms in total. The number of phenolic OH excluding ortho intramolecular Hbond substituents is 2. The van der Waals surface area contributed by atoms with E-state index in [9.17, 15) is 15.0 Å². The maximum absolute atomic E-state index is 11.8. The second kappa shape index (κ2) is 7.28. The first-order valence-electron chi connectivity index (χ1n) is 7.23. The van der Waals surface area contributed by atoms with Crippen LogP contribution in [0.3, 0.4) is 0 Å². The van der Waals surface area contributed by atoms with Gasteiger partial charge in [-0.1, -0.05) is 0 Å². The Bertz CT molecular complexity index is 485. The summed E-state index contributed by atoms with van der Waals surface area (Å²) in [6, 6.07) is 4.17. The Morgan fingerprint density at radius 2 is 2.00 bits per heavy atom. The zero-order chi connectivity index (χ0) is 15.2. The molecule has 21 heavy (non-hydrogen) atoms. The van der Waals surface area contributed by atoms with Crippen LogP contribution in [0.5, 0.6) is 11.5 Å². The molecule has 116 valence electrons. The van der Waals surface area contributed by atoms with Crippen molar-refractivity contribution in [3.63, 3.8) is 0 Å². The van der Waals surface area contributed by atoms with Crippen LogP contribution in [0.2, 0.25) is 0 Å². The van der Waals surface area contributed by atoms with Crippen LogP contribution in [-0.2, 0) is 4.74 Å². The summed E-state index contributed by atoms with van der Waals surface area (Å²) in [4.78, 5) is 11.8. The Labute approximate surface area is 123 Å². The second-order valence-electron chi connectivity index (χ2n) is 5.36. The van der Waals surface area contributed by atoms with E-state index >= 15 is 0 Å². The number of aromatic hydroxyl groups is 2. The smallest absolute Gasteiger partial charge is 0.255 e. The first kappa shape index (κ1) is 15.6. The zero-order valence-corrected chi connectivity index (χ0v) is 11.9. The van der Waals surface area contributed by atoms with Gasteiger partial charge in [0.05, 0.1) is 18.3 Å². The van der Waals surface area contributed by atoms with Gasteiger partial charge in [0.2, 0.25) is 0 Å². The number of hydrogen-bond donors (Lipinski definition) is 4. The predicted octanol–water partition coefficient (Wildman–Crippen LogP) is 1.11. The van der Waals surface area contributed by atoms with Crippen molar-refractivity contribution in [1.29, 1.82) is 0 Å². The van der Waals surface area contributed by atoms with Crippen molar-refractivity contribution < 1.29 is 19.7 Å². The normalized spacial score (nSPS) is 22.0. The molecule has 1 amide bonds. The summed E-state index contributed by atoms with van der Waals surface area (Å²) in [7, 11) is 0. The molecular weight excluding hydrogens is 272 g/mol. The summed E-state index contributed by atoms with van der Waals surface area (Å²) >= 11 is 0. The summed E-state index contributed by atoms with van der Waals surface area (Å²) in [5.41, 5.74) is 5.96. The molecule has 1 aromatic rings. The van der Waals surface area contributed by atoms with E-state index in [1.165, 1.54) is 12.1 Å². The molecule has 1 aliphatic carbocycles. The van der Waals surface area contributed by atoms with E-state index in [0.29, 0.717) is 19.2 Å². The molecule has 0 saturated heterocycles. The Morgan fingerprint density at radius 3 is 2.67 bits per heavy atom. The number of rotatable bonds is 5. The SMILES string of the molecule is NC1CCC(OCCNC(=O)c2ccc(O)cc2O)CC1. The van der Waals surface area contributed by atoms with E-state index in [-0.39, 0.29) is 29.1 Å². The molecule has 6 heteroatoms. The lowest BCUT2D eigenvalue weighted by molar-refractivity contribution is 0.0267. The van der Waals surface area contributed by atoms with Gasteiger partial charge in [0, 0.05) is 18.7 Å². The maximum atomic E-state index is 11.8. The quantitative estimate of drug-likeness (QED) is 0.609. The highest BCUT2D eigenvalue weighted by molar-refractivity contribution is 5.96. The van der Waals surface area contributed by atoms with Gasteiger partial charge in [0.15, 0.2) is 0 Å². The number of carbonyl (C=O) groups excluding carboxylic acids is 1. The molecule has 1 fully saturated rings. The Hall–Kier alpha value is -1.79. The fourth-order valence-corrected chi connectivity index (χ4v) is 2.45. The molecule has 0 aromatic heterocycles. The van der Waals surface area contributed by atoms with Gasteiger partial charge in [0.25, 0.3) is 5.91 Å². The summed E-state index contributed by atoms with van der Waals surface area (Å²) < 4.78 is 5.69. The molecule has 0 radical (unpaired) electrons. The third-order valence-electron chi connectivity index (χ3n) is 3.69. The van der Waals surface area contributed by atoms with E-state index in [4.69, 9.17) is 10.5 Å². The van der Waals surface area contributed by atoms with E-state index in [1.54, 1.807) is 0 Å². The van der Waals surface area contributed by atoms with Crippen molar-refractivity contribution in [2.45, 2.75) is 37.8 Å². The van der Waals surface area contributed by atoms with Gasteiger partial charge >= 0.3 is 0 Å². The molecule has 1 aliphatic rings. The highest BCUT2D eigenvalue weighted by Gasteiger charge is 2.18. The second-order valence-corrected chi connectivity index (χ2v) is 5.36. The molecule has 0 atom stereocenters. The van der Waals surface area contributed by atoms with Crippen molar-refractivity contribution in [3.05, 3.63) is 23.8 Å². The minimum absolute atomic E-state index is 0.0807. The van der Waals surface area contributed by atoms with Crippen molar-refractivity contribution in [2.75, 3.05) is 13.2 Å². The molecule has 0 unspecified atom stereocenters. The monoisotopic (exact) mass is 294 g/mol. The van der Waals surface area contributed by atoms with Crippen LogP contribution in [0.1, 0.15) is 36.0 Å². The fraction of sp³-hybridized carbons (Fsp3) is 0.533. The molecule has 0 bridgehead atoms. The topological polar surface area (TPSA) is 105 Å². The third kappa shape index (κ3) is 4.61. The zero-order valence-electron chi connectivity index (χ0n) is 11.9. The maximum Gasteiger partial charge on any atom is 0.255 e. The number of nitrogens with two attached hydrogens (primary N) is 1. The number of phenols is 2. The Balaban J connectivity index is 1.69. The molecule has 1 aromatic carbocycles. The molecule has 0 spiro atoms. The van der Waals surface area contributed by atoms with Gasteiger partial charge in [-0.15, -0.1) is 0 Å². The number of nitrogens with one attached hydrogen (secondary N) is 1. The summed E-state index contributed by atoms with van der Waals surface area (Å²) in [5, 5.41) is 21.4. The summed E-state index contributed by atoms with van der Waals surface area (Å²) in [6.07, 6.45) is 4.13. The molecular formula is C15H22N2O4. The van der Waals surface area contributed by atoms with Gasteiger partial charge in [-0.05, 0) is 37.8 Å². The van der Waals surface area contributed by atoms with Crippen LogP contribution in [0, 0.1) is 0 Å². The van der Waals surface area contributed by atoms with E-state index in [2.05, 4.69) is 5.32 Å². The van der Waals surface area contributed by atoms with Crippen molar-refractivity contribution in [3.8, 4) is 11.5 Å². The lowest BCUT2D eigenvalue weighted by atomic mass is 9.94. The molecule has 0 aliphatic heterocycles.